The molecule has 22 heavy (non-hydrogen) atoms. The molecule has 2 aromatic carbocycles. The molecule has 0 bridgehead atoms. The molecule has 0 amide bonds. The van der Waals surface area contributed by atoms with E-state index in [1.54, 1.807) is 25.1 Å². The highest BCUT2D eigenvalue weighted by Gasteiger charge is 2.09. The van der Waals surface area contributed by atoms with Crippen molar-refractivity contribution in [3.63, 3.8) is 0 Å². The number of hydrogen-bond acceptors (Lipinski definition) is 4. The molecule has 0 spiro atoms. The first-order valence-corrected chi connectivity index (χ1v) is 7.18. The Kier molecular flexibility index (Phi) is 5.16. The van der Waals surface area contributed by atoms with Crippen LogP contribution in [0.1, 0.15) is 34.0 Å². The zero-order chi connectivity index (χ0) is 15.9. The normalized spacial score (nSPS) is 10.0. The Morgan fingerprint density at radius 3 is 2.73 bits per heavy atom. The lowest BCUT2D eigenvalue weighted by Gasteiger charge is -2.08. The zero-order valence-corrected chi connectivity index (χ0v) is 12.5. The second-order valence-electron chi connectivity index (χ2n) is 4.95. The van der Waals surface area contributed by atoms with E-state index in [2.05, 4.69) is 6.07 Å². The monoisotopic (exact) mass is 294 g/mol. The largest absolute Gasteiger partial charge is 0.462 e. The van der Waals surface area contributed by atoms with Gasteiger partial charge in [0, 0.05) is 5.69 Å². The zero-order valence-electron chi connectivity index (χ0n) is 12.5. The third kappa shape index (κ3) is 3.86. The molecule has 0 atom stereocenters. The van der Waals surface area contributed by atoms with Crippen LogP contribution < -0.4 is 5.73 Å². The summed E-state index contributed by atoms with van der Waals surface area (Å²) >= 11 is 0. The summed E-state index contributed by atoms with van der Waals surface area (Å²) < 4.78 is 4.95. The van der Waals surface area contributed by atoms with Crippen LogP contribution in [-0.2, 0) is 17.6 Å². The van der Waals surface area contributed by atoms with Gasteiger partial charge in [0.1, 0.15) is 0 Å². The molecule has 0 aliphatic rings. The molecule has 0 aliphatic heterocycles. The van der Waals surface area contributed by atoms with E-state index in [1.807, 2.05) is 24.3 Å². The van der Waals surface area contributed by atoms with E-state index in [0.717, 1.165) is 24.0 Å². The molecule has 112 valence electrons. The number of ether oxygens (including phenoxy) is 1. The van der Waals surface area contributed by atoms with Crippen LogP contribution in [0.2, 0.25) is 0 Å². The first-order valence-electron chi connectivity index (χ1n) is 7.18. The van der Waals surface area contributed by atoms with Gasteiger partial charge in [-0.15, -0.1) is 0 Å². The van der Waals surface area contributed by atoms with Gasteiger partial charge in [0.25, 0.3) is 0 Å². The molecular formula is C18H18N2O2. The van der Waals surface area contributed by atoms with Gasteiger partial charge in [-0.3, -0.25) is 0 Å². The Morgan fingerprint density at radius 1 is 1.23 bits per heavy atom. The van der Waals surface area contributed by atoms with Crippen LogP contribution in [0.5, 0.6) is 0 Å². The topological polar surface area (TPSA) is 76.1 Å². The molecule has 0 heterocycles. The van der Waals surface area contributed by atoms with Crippen molar-refractivity contribution >= 4 is 11.7 Å². The van der Waals surface area contributed by atoms with Gasteiger partial charge in [0.05, 0.1) is 23.8 Å². The number of aryl methyl sites for hydroxylation is 2. The third-order valence-electron chi connectivity index (χ3n) is 3.40. The minimum absolute atomic E-state index is 0.343. The predicted octanol–water partition coefficient (Wildman–Crippen LogP) is 3.10. The fraction of sp³-hybridized carbons (Fsp3) is 0.222. The Bertz CT molecular complexity index is 717. The van der Waals surface area contributed by atoms with Gasteiger partial charge in [-0.1, -0.05) is 18.2 Å². The van der Waals surface area contributed by atoms with E-state index < -0.39 is 0 Å². The Hall–Kier alpha value is -2.80. The number of carbonyl (C=O) groups excluding carboxylic acids is 1. The molecule has 0 radical (unpaired) electrons. The molecule has 2 N–H and O–H groups in total. The number of nitrogen functional groups attached to an aromatic ring is 1. The van der Waals surface area contributed by atoms with Crippen LogP contribution in [0.4, 0.5) is 5.69 Å². The fourth-order valence-corrected chi connectivity index (χ4v) is 2.24. The van der Waals surface area contributed by atoms with Crippen molar-refractivity contribution in [2.75, 3.05) is 12.3 Å². The molecule has 0 unspecified atom stereocenters. The van der Waals surface area contributed by atoms with E-state index >= 15 is 0 Å². The summed E-state index contributed by atoms with van der Waals surface area (Å²) in [7, 11) is 0. The highest BCUT2D eigenvalue weighted by Crippen LogP contribution is 2.18. The van der Waals surface area contributed by atoms with Gasteiger partial charge in [0.2, 0.25) is 0 Å². The number of esters is 1. The maximum atomic E-state index is 11.6. The molecule has 2 rings (SSSR count). The summed E-state index contributed by atoms with van der Waals surface area (Å²) in [5.41, 5.74) is 9.80. The van der Waals surface area contributed by atoms with Crippen molar-refractivity contribution in [1.29, 1.82) is 5.26 Å². The molecule has 4 nitrogen and oxygen atoms in total. The predicted molar refractivity (Wildman–Crippen MR) is 85.4 cm³/mol. The van der Waals surface area contributed by atoms with Crippen molar-refractivity contribution in [2.24, 2.45) is 0 Å². The lowest BCUT2D eigenvalue weighted by atomic mass is 10.0. The van der Waals surface area contributed by atoms with Gasteiger partial charge < -0.3 is 10.5 Å². The van der Waals surface area contributed by atoms with Crippen LogP contribution in [0.3, 0.4) is 0 Å². The molecule has 4 heteroatoms. The van der Waals surface area contributed by atoms with Crippen molar-refractivity contribution in [3.8, 4) is 6.07 Å². The first-order chi connectivity index (χ1) is 10.6. The van der Waals surface area contributed by atoms with Crippen LogP contribution in [-0.4, -0.2) is 12.6 Å². The Labute approximate surface area is 130 Å². The number of nitrogens with two attached hydrogens (primary N) is 1. The lowest BCUT2D eigenvalue weighted by molar-refractivity contribution is 0.0526. The van der Waals surface area contributed by atoms with Crippen molar-refractivity contribution in [3.05, 3.63) is 64.7 Å². The average Bonchev–Trinajstić information content (AvgIpc) is 2.54. The number of benzene rings is 2. The molecule has 2 aromatic rings. The van der Waals surface area contributed by atoms with Gasteiger partial charge in [-0.25, -0.2) is 4.79 Å². The lowest BCUT2D eigenvalue weighted by Crippen LogP contribution is -2.06. The number of anilines is 1. The molecule has 0 aliphatic carbocycles. The summed E-state index contributed by atoms with van der Waals surface area (Å²) in [5.74, 6) is -0.359. The Balaban J connectivity index is 2.07. The van der Waals surface area contributed by atoms with Gasteiger partial charge in [-0.2, -0.15) is 5.26 Å². The SMILES string of the molecule is CCOC(=O)c1ccc(CCc2cccc(C#N)c2)c(N)c1. The summed E-state index contributed by atoms with van der Waals surface area (Å²) in [6.07, 6.45) is 1.54. The van der Waals surface area contributed by atoms with Crippen molar-refractivity contribution in [1.82, 2.24) is 0 Å². The van der Waals surface area contributed by atoms with Crippen LogP contribution in [0, 0.1) is 11.3 Å². The second kappa shape index (κ2) is 7.28. The molecule has 0 saturated heterocycles. The Morgan fingerprint density at radius 2 is 2.05 bits per heavy atom. The number of carbonyl (C=O) groups is 1. The van der Waals surface area contributed by atoms with Gasteiger partial charge in [-0.05, 0) is 55.2 Å². The van der Waals surface area contributed by atoms with E-state index in [-0.39, 0.29) is 5.97 Å². The van der Waals surface area contributed by atoms with Gasteiger partial charge >= 0.3 is 5.97 Å². The minimum atomic E-state index is -0.359. The van der Waals surface area contributed by atoms with Crippen molar-refractivity contribution < 1.29 is 9.53 Å². The number of hydrogen-bond donors (Lipinski definition) is 1. The molecule has 0 aromatic heterocycles. The summed E-state index contributed by atoms with van der Waals surface area (Å²) in [4.78, 5) is 11.6. The molecule has 0 fully saturated rings. The fourth-order valence-electron chi connectivity index (χ4n) is 2.24. The van der Waals surface area contributed by atoms with Crippen LogP contribution in [0.25, 0.3) is 0 Å². The van der Waals surface area contributed by atoms with E-state index in [1.165, 1.54) is 0 Å². The van der Waals surface area contributed by atoms with E-state index in [9.17, 15) is 4.79 Å². The average molecular weight is 294 g/mol. The van der Waals surface area contributed by atoms with E-state index in [0.29, 0.717) is 23.4 Å². The molecule has 0 saturated carbocycles. The first kappa shape index (κ1) is 15.6. The summed E-state index contributed by atoms with van der Waals surface area (Å²) in [6.45, 7) is 2.11. The van der Waals surface area contributed by atoms with Gasteiger partial charge in [0.15, 0.2) is 0 Å². The maximum Gasteiger partial charge on any atom is 0.338 e. The second-order valence-corrected chi connectivity index (χ2v) is 4.95. The maximum absolute atomic E-state index is 11.6. The quantitative estimate of drug-likeness (QED) is 0.679. The van der Waals surface area contributed by atoms with E-state index in [4.69, 9.17) is 15.7 Å². The smallest absolute Gasteiger partial charge is 0.338 e. The minimum Gasteiger partial charge on any atom is -0.462 e. The summed E-state index contributed by atoms with van der Waals surface area (Å²) in [5, 5.41) is 8.90. The summed E-state index contributed by atoms with van der Waals surface area (Å²) in [6, 6.07) is 14.9. The highest BCUT2D eigenvalue weighted by atomic mass is 16.5. The standard InChI is InChI=1S/C18H18N2O2/c1-2-22-18(21)16-9-8-15(17(20)11-16)7-6-13-4-3-5-14(10-13)12-19/h3-5,8-11H,2,6-7,20H2,1H3. The third-order valence-corrected chi connectivity index (χ3v) is 3.40. The number of nitrogens with zero attached hydrogens (tertiary/aromatic N) is 1. The molecular weight excluding hydrogens is 276 g/mol. The number of nitriles is 1. The van der Waals surface area contributed by atoms with Crippen LogP contribution >= 0.6 is 0 Å². The highest BCUT2D eigenvalue weighted by molar-refractivity contribution is 5.90. The van der Waals surface area contributed by atoms with Crippen LogP contribution in [0.15, 0.2) is 42.5 Å². The number of rotatable bonds is 5. The van der Waals surface area contributed by atoms with Crippen molar-refractivity contribution in [2.45, 2.75) is 19.8 Å².